The summed E-state index contributed by atoms with van der Waals surface area (Å²) in [5, 5.41) is 14.0. The molecule has 0 radical (unpaired) electrons. The number of amides is 4. The van der Waals surface area contributed by atoms with E-state index in [9.17, 15) is 29.1 Å². The number of hydrogen-bond acceptors (Lipinski definition) is 9. The molecule has 1 aromatic heterocycles. The Morgan fingerprint density at radius 3 is 2.23 bits per heavy atom. The van der Waals surface area contributed by atoms with Crippen molar-refractivity contribution in [1.29, 1.82) is 0 Å². The Morgan fingerprint density at radius 1 is 1.00 bits per heavy atom. The number of benzene rings is 1. The summed E-state index contributed by atoms with van der Waals surface area (Å²) < 4.78 is 5.70. The van der Waals surface area contributed by atoms with Gasteiger partial charge in [-0.15, -0.1) is 5.01 Å². The number of nitrogens with one attached hydrogen (secondary N) is 1. The lowest BCUT2D eigenvalue weighted by Gasteiger charge is -2.42. The quantitative estimate of drug-likeness (QED) is 0.175. The van der Waals surface area contributed by atoms with Crippen molar-refractivity contribution in [1.82, 2.24) is 20.3 Å². The Bertz CT molecular complexity index is 1460. The minimum absolute atomic E-state index is 0.0103. The van der Waals surface area contributed by atoms with Gasteiger partial charge in [0.05, 0.1) is 6.04 Å². The van der Waals surface area contributed by atoms with E-state index in [1.807, 2.05) is 6.07 Å². The molecule has 1 aliphatic carbocycles. The van der Waals surface area contributed by atoms with E-state index in [1.54, 1.807) is 83.4 Å². The first-order valence-corrected chi connectivity index (χ1v) is 18.5. The van der Waals surface area contributed by atoms with E-state index in [2.05, 4.69) is 10.3 Å². The summed E-state index contributed by atoms with van der Waals surface area (Å²) >= 11 is 0. The molecule has 1 saturated carbocycles. The summed E-state index contributed by atoms with van der Waals surface area (Å²) in [5.74, 6) is -4.07. The summed E-state index contributed by atoms with van der Waals surface area (Å²) in [6.07, 6.45) is 8.54. The van der Waals surface area contributed by atoms with E-state index in [0.717, 1.165) is 37.1 Å². The van der Waals surface area contributed by atoms with Gasteiger partial charge < -0.3 is 26.6 Å². The summed E-state index contributed by atoms with van der Waals surface area (Å²) in [6.45, 7) is 8.31. The van der Waals surface area contributed by atoms with Gasteiger partial charge in [-0.1, -0.05) is 88.8 Å². The first-order chi connectivity index (χ1) is 24.6. The first kappa shape index (κ1) is 42.1. The van der Waals surface area contributed by atoms with Crippen LogP contribution in [0.2, 0.25) is 0 Å². The number of hydrazine groups is 1. The number of carbonyl (C=O) groups is 5. The summed E-state index contributed by atoms with van der Waals surface area (Å²) in [6, 6.07) is 7.00. The van der Waals surface area contributed by atoms with Crippen LogP contribution < -0.4 is 16.8 Å². The summed E-state index contributed by atoms with van der Waals surface area (Å²) in [7, 11) is 0. The average Bonchev–Trinajstić information content (AvgIpc) is 3.11. The zero-order valence-corrected chi connectivity index (χ0v) is 31.3. The van der Waals surface area contributed by atoms with Gasteiger partial charge >= 0.3 is 12.1 Å². The lowest BCUT2D eigenvalue weighted by atomic mass is 9.84. The van der Waals surface area contributed by atoms with Crippen LogP contribution in [0.25, 0.3) is 0 Å². The highest BCUT2D eigenvalue weighted by Gasteiger charge is 2.46. The van der Waals surface area contributed by atoms with Gasteiger partial charge in [-0.2, -0.15) is 0 Å². The van der Waals surface area contributed by atoms with Crippen LogP contribution in [-0.4, -0.2) is 79.7 Å². The highest BCUT2D eigenvalue weighted by Crippen LogP contribution is 2.29. The molecule has 0 bridgehead atoms. The minimum Gasteiger partial charge on any atom is -0.480 e. The Morgan fingerprint density at radius 2 is 1.65 bits per heavy atom. The highest BCUT2D eigenvalue weighted by atomic mass is 16.6. The van der Waals surface area contributed by atoms with Crippen molar-refractivity contribution in [3.05, 3.63) is 66.0 Å². The van der Waals surface area contributed by atoms with Crippen LogP contribution in [0.15, 0.2) is 54.9 Å². The molecule has 2 aromatic rings. The topological polar surface area (TPSA) is 198 Å². The van der Waals surface area contributed by atoms with E-state index in [4.69, 9.17) is 16.2 Å². The van der Waals surface area contributed by atoms with E-state index in [-0.39, 0.29) is 25.7 Å². The second kappa shape index (κ2) is 20.0. The van der Waals surface area contributed by atoms with Gasteiger partial charge in [-0.3, -0.25) is 19.4 Å². The van der Waals surface area contributed by atoms with Crippen LogP contribution in [0.4, 0.5) is 4.79 Å². The molecule has 286 valence electrons. The van der Waals surface area contributed by atoms with Crippen molar-refractivity contribution in [2.75, 3.05) is 0 Å². The molecule has 5 atom stereocenters. The van der Waals surface area contributed by atoms with Gasteiger partial charge in [0.1, 0.15) is 17.7 Å². The molecular formula is C39H58N6O7. The smallest absolute Gasteiger partial charge is 0.436 e. The molecule has 0 aliphatic heterocycles. The van der Waals surface area contributed by atoms with Gasteiger partial charge in [-0.05, 0) is 75.5 Å². The number of carboxylic acids is 1. The Balaban J connectivity index is 2.18. The van der Waals surface area contributed by atoms with Crippen LogP contribution in [0.3, 0.4) is 0 Å². The molecule has 3 rings (SSSR count). The SMILES string of the molecule is CC[C@H](C)[C@H](NC(=O)[C@H]([C@@H](N)CCC1CCCCC1)N(C(=O)CCc1cccnc1)N(C(=O)OC(C)(C)C)C(=O)[C@@H](N)Cc1ccccc1)C(=O)O. The van der Waals surface area contributed by atoms with Crippen molar-refractivity contribution in [3.63, 3.8) is 0 Å². The van der Waals surface area contributed by atoms with Crippen LogP contribution in [-0.2, 0) is 36.8 Å². The lowest BCUT2D eigenvalue weighted by molar-refractivity contribution is -0.172. The zero-order valence-electron chi connectivity index (χ0n) is 31.3. The fourth-order valence-electron chi connectivity index (χ4n) is 6.48. The molecule has 1 fully saturated rings. The molecule has 6 N–H and O–H groups in total. The zero-order chi connectivity index (χ0) is 38.4. The van der Waals surface area contributed by atoms with Crippen molar-refractivity contribution in [2.45, 2.75) is 135 Å². The number of pyridine rings is 1. The van der Waals surface area contributed by atoms with Crippen molar-refractivity contribution < 1.29 is 33.8 Å². The Kier molecular flexibility index (Phi) is 16.2. The maximum absolute atomic E-state index is 14.6. The van der Waals surface area contributed by atoms with Gasteiger partial charge in [0.2, 0.25) is 11.8 Å². The second-order valence-electron chi connectivity index (χ2n) is 14.9. The second-order valence-corrected chi connectivity index (χ2v) is 14.9. The van der Waals surface area contributed by atoms with Crippen LogP contribution in [0.1, 0.15) is 104 Å². The summed E-state index contributed by atoms with van der Waals surface area (Å²) in [5.41, 5.74) is 13.7. The largest absolute Gasteiger partial charge is 0.480 e. The standard InChI is InChI=1S/C39H58N6O7/c1-6-26(2)33(37(49)50)43-35(47)34(30(40)21-19-27-14-9-7-10-15-27)44(32(46)22-20-29-18-13-23-42-25-29)45(38(51)52-39(3,4)5)36(48)31(41)24-28-16-11-8-12-17-28/h8,11-13,16-18,23,25-27,30-31,33-34H,6-7,9-10,14-15,19-22,24,40-41H2,1-5H3,(H,43,47)(H,49,50)/t26-,30-,31-,33-,34-/m0/s1. The van der Waals surface area contributed by atoms with Crippen molar-refractivity contribution >= 4 is 29.8 Å². The molecule has 13 heteroatoms. The van der Waals surface area contributed by atoms with Crippen molar-refractivity contribution in [2.24, 2.45) is 23.3 Å². The van der Waals surface area contributed by atoms with Crippen LogP contribution in [0, 0.1) is 11.8 Å². The third-order valence-corrected chi connectivity index (χ3v) is 9.56. The normalized spacial score (nSPS) is 16.4. The number of aryl methyl sites for hydroxylation is 1. The molecule has 13 nitrogen and oxygen atoms in total. The molecule has 52 heavy (non-hydrogen) atoms. The monoisotopic (exact) mass is 722 g/mol. The molecule has 1 aromatic carbocycles. The minimum atomic E-state index is -1.67. The number of ether oxygens (including phenoxy) is 1. The number of carbonyl (C=O) groups excluding carboxylic acids is 4. The number of nitrogens with zero attached hydrogens (tertiary/aromatic N) is 3. The molecule has 0 spiro atoms. The molecule has 1 heterocycles. The van der Waals surface area contributed by atoms with E-state index in [0.29, 0.717) is 34.9 Å². The number of nitrogens with two attached hydrogens (primary N) is 2. The van der Waals surface area contributed by atoms with Gasteiger partial charge in [-0.25, -0.2) is 14.6 Å². The molecular weight excluding hydrogens is 664 g/mol. The highest BCUT2D eigenvalue weighted by molar-refractivity contribution is 5.99. The Hall–Kier alpha value is -4.36. The first-order valence-electron chi connectivity index (χ1n) is 18.5. The number of aromatic nitrogens is 1. The predicted octanol–water partition coefficient (Wildman–Crippen LogP) is 4.76. The lowest BCUT2D eigenvalue weighted by Crippen LogP contribution is -2.68. The third kappa shape index (κ3) is 12.7. The number of hydrogen-bond donors (Lipinski definition) is 4. The number of rotatable bonds is 16. The maximum atomic E-state index is 14.6. The van der Waals surface area contributed by atoms with Gasteiger partial charge in [0, 0.05) is 24.9 Å². The van der Waals surface area contributed by atoms with Gasteiger partial charge in [0.15, 0.2) is 0 Å². The molecule has 0 unspecified atom stereocenters. The number of carboxylic acid groups (broad SMARTS) is 1. The number of aliphatic carboxylic acids is 1. The maximum Gasteiger partial charge on any atom is 0.436 e. The van der Waals surface area contributed by atoms with E-state index in [1.165, 1.54) is 0 Å². The van der Waals surface area contributed by atoms with Crippen LogP contribution in [0.5, 0.6) is 0 Å². The molecule has 0 saturated heterocycles. The fourth-order valence-corrected chi connectivity index (χ4v) is 6.48. The summed E-state index contributed by atoms with van der Waals surface area (Å²) in [4.78, 5) is 74.3. The van der Waals surface area contributed by atoms with Gasteiger partial charge in [0.25, 0.3) is 5.91 Å². The predicted molar refractivity (Wildman–Crippen MR) is 197 cm³/mol. The van der Waals surface area contributed by atoms with E-state index >= 15 is 0 Å². The van der Waals surface area contributed by atoms with Crippen LogP contribution >= 0.6 is 0 Å². The van der Waals surface area contributed by atoms with E-state index < -0.39 is 65.5 Å². The molecule has 1 aliphatic rings. The third-order valence-electron chi connectivity index (χ3n) is 9.56. The molecule has 4 amide bonds. The fraction of sp³-hybridized carbons (Fsp3) is 0.590. The average molecular weight is 723 g/mol. The number of imide groups is 1. The Labute approximate surface area is 307 Å². The van der Waals surface area contributed by atoms with Crippen molar-refractivity contribution in [3.8, 4) is 0 Å².